The summed E-state index contributed by atoms with van der Waals surface area (Å²) in [6, 6.07) is -1.05. The minimum absolute atomic E-state index is 0.145. The second-order valence-electron chi connectivity index (χ2n) is 4.24. The maximum atomic E-state index is 13.5. The summed E-state index contributed by atoms with van der Waals surface area (Å²) in [6.45, 7) is 1.91. The second kappa shape index (κ2) is 3.70. The zero-order valence-corrected chi connectivity index (χ0v) is 8.63. The molecule has 2 aliphatic heterocycles. The molecule has 0 unspecified atom stereocenters. The highest BCUT2D eigenvalue weighted by molar-refractivity contribution is 5.76. The van der Waals surface area contributed by atoms with Gasteiger partial charge in [0.1, 0.15) is 6.04 Å². The van der Waals surface area contributed by atoms with Crippen LogP contribution in [-0.2, 0) is 9.53 Å². The molecule has 0 aromatic carbocycles. The number of hydrogen-bond acceptors (Lipinski definition) is 3. The minimum Gasteiger partial charge on any atom is -0.465 e. The maximum Gasteiger partial charge on any atom is 0.323 e. The van der Waals surface area contributed by atoms with Crippen molar-refractivity contribution in [3.05, 3.63) is 0 Å². The Bertz CT molecular complexity index is 270. The van der Waals surface area contributed by atoms with Crippen LogP contribution in [0, 0.1) is 5.92 Å². The van der Waals surface area contributed by atoms with Gasteiger partial charge in [0.15, 0.2) is 0 Å². The van der Waals surface area contributed by atoms with Gasteiger partial charge in [0.2, 0.25) is 0 Å². The third-order valence-electron chi connectivity index (χ3n) is 3.25. The summed E-state index contributed by atoms with van der Waals surface area (Å²) in [5.41, 5.74) is 0. The number of carbonyl (C=O) groups excluding carboxylic acids is 1. The fourth-order valence-corrected chi connectivity index (χ4v) is 2.56. The molecule has 0 amide bonds. The predicted molar refractivity (Wildman–Crippen MR) is 49.6 cm³/mol. The maximum absolute atomic E-state index is 13.5. The van der Waals surface area contributed by atoms with Crippen LogP contribution in [0.3, 0.4) is 0 Å². The molecular formula is C10H15F2NO2. The number of carbonyl (C=O) groups is 1. The molecule has 2 bridgehead atoms. The minimum atomic E-state index is -2.72. The van der Waals surface area contributed by atoms with Crippen molar-refractivity contribution in [1.82, 2.24) is 5.32 Å². The molecule has 15 heavy (non-hydrogen) atoms. The molecule has 1 N–H and O–H groups in total. The van der Waals surface area contributed by atoms with E-state index in [1.54, 1.807) is 6.92 Å². The Morgan fingerprint density at radius 3 is 2.80 bits per heavy atom. The summed E-state index contributed by atoms with van der Waals surface area (Å²) in [5.74, 6) is -4.14. The molecule has 1 aliphatic carbocycles. The topological polar surface area (TPSA) is 38.3 Å². The Hall–Kier alpha value is -0.710. The third-order valence-corrected chi connectivity index (χ3v) is 3.25. The molecule has 86 valence electrons. The van der Waals surface area contributed by atoms with Gasteiger partial charge in [0.05, 0.1) is 6.61 Å². The smallest absolute Gasteiger partial charge is 0.323 e. The number of piperidine rings is 2. The highest BCUT2D eigenvalue weighted by Crippen LogP contribution is 2.44. The van der Waals surface area contributed by atoms with Crippen LogP contribution in [0.5, 0.6) is 0 Å². The molecule has 3 nitrogen and oxygen atoms in total. The average Bonchev–Trinajstić information content (AvgIpc) is 2.16. The number of halogens is 2. The normalized spacial score (nSPS) is 37.7. The lowest BCUT2D eigenvalue weighted by molar-refractivity contribution is -0.170. The van der Waals surface area contributed by atoms with Gasteiger partial charge >= 0.3 is 5.97 Å². The molecule has 3 rings (SSSR count). The van der Waals surface area contributed by atoms with Crippen LogP contribution >= 0.6 is 0 Å². The molecule has 0 radical (unpaired) electrons. The quantitative estimate of drug-likeness (QED) is 0.712. The molecule has 3 atom stereocenters. The van der Waals surface area contributed by atoms with E-state index in [1.165, 1.54) is 0 Å². The van der Waals surface area contributed by atoms with Gasteiger partial charge in [-0.2, -0.15) is 0 Å². The number of esters is 1. The van der Waals surface area contributed by atoms with Crippen molar-refractivity contribution in [2.75, 3.05) is 6.61 Å². The highest BCUT2D eigenvalue weighted by Gasteiger charge is 2.55. The largest absolute Gasteiger partial charge is 0.465 e. The Morgan fingerprint density at radius 1 is 1.53 bits per heavy atom. The Labute approximate surface area is 87.2 Å². The SMILES string of the molecule is CCOC(=O)[C@H]1N[C@H]2CC[C@@H]1C(F)(F)C2. The van der Waals surface area contributed by atoms with Crippen LogP contribution < -0.4 is 5.32 Å². The van der Waals surface area contributed by atoms with Gasteiger partial charge in [0, 0.05) is 18.4 Å². The first kappa shape index (κ1) is 10.8. The third kappa shape index (κ3) is 1.85. The molecule has 3 aliphatic rings. The van der Waals surface area contributed by atoms with Crippen molar-refractivity contribution in [2.24, 2.45) is 5.92 Å². The van der Waals surface area contributed by atoms with Crippen LogP contribution in [0.15, 0.2) is 0 Å². The van der Waals surface area contributed by atoms with E-state index in [0.29, 0.717) is 6.42 Å². The summed E-state index contributed by atoms with van der Waals surface area (Å²) < 4.78 is 31.8. The zero-order valence-electron chi connectivity index (χ0n) is 8.63. The van der Waals surface area contributed by atoms with Gasteiger partial charge in [-0.15, -0.1) is 0 Å². The molecule has 0 aromatic heterocycles. The fraction of sp³-hybridized carbons (Fsp3) is 0.900. The van der Waals surface area contributed by atoms with Crippen molar-refractivity contribution >= 4 is 5.97 Å². The van der Waals surface area contributed by atoms with Crippen molar-refractivity contribution in [3.8, 4) is 0 Å². The first-order valence-electron chi connectivity index (χ1n) is 5.35. The van der Waals surface area contributed by atoms with E-state index in [9.17, 15) is 13.6 Å². The van der Waals surface area contributed by atoms with E-state index in [-0.39, 0.29) is 19.1 Å². The van der Waals surface area contributed by atoms with Gasteiger partial charge in [-0.25, -0.2) is 8.78 Å². The standard InChI is InChI=1S/C10H15F2NO2/c1-2-15-9(14)8-7-4-3-6(13-8)5-10(7,11)12/h6-8,13H,2-5H2,1H3/t6-,7-,8-/m0/s1. The van der Waals surface area contributed by atoms with Gasteiger partial charge < -0.3 is 10.1 Å². The lowest BCUT2D eigenvalue weighted by Crippen LogP contribution is -2.63. The summed E-state index contributed by atoms with van der Waals surface area (Å²) in [4.78, 5) is 11.5. The average molecular weight is 219 g/mol. The monoisotopic (exact) mass is 219 g/mol. The van der Waals surface area contributed by atoms with Gasteiger partial charge in [-0.1, -0.05) is 0 Å². The van der Waals surface area contributed by atoms with Gasteiger partial charge in [-0.05, 0) is 19.8 Å². The first-order valence-corrected chi connectivity index (χ1v) is 5.35. The zero-order chi connectivity index (χ0) is 11.1. The van der Waals surface area contributed by atoms with Crippen LogP contribution in [-0.4, -0.2) is 30.6 Å². The first-order chi connectivity index (χ1) is 7.04. The van der Waals surface area contributed by atoms with E-state index in [2.05, 4.69) is 5.32 Å². The summed E-state index contributed by atoms with van der Waals surface area (Å²) in [7, 11) is 0. The van der Waals surface area contributed by atoms with Crippen LogP contribution in [0.4, 0.5) is 8.78 Å². The van der Waals surface area contributed by atoms with Gasteiger partial charge in [-0.3, -0.25) is 4.79 Å². The number of fused-ring (bicyclic) bond motifs is 3. The van der Waals surface area contributed by atoms with Crippen LogP contribution in [0.2, 0.25) is 0 Å². The molecule has 2 heterocycles. The van der Waals surface area contributed by atoms with Crippen molar-refractivity contribution in [1.29, 1.82) is 0 Å². The lowest BCUT2D eigenvalue weighted by Gasteiger charge is -2.46. The van der Waals surface area contributed by atoms with E-state index in [4.69, 9.17) is 4.74 Å². The molecule has 0 aromatic rings. The Balaban J connectivity index is 2.11. The van der Waals surface area contributed by atoms with E-state index < -0.39 is 23.9 Å². The van der Waals surface area contributed by atoms with Crippen LogP contribution in [0.1, 0.15) is 26.2 Å². The number of ether oxygens (including phenoxy) is 1. The molecular weight excluding hydrogens is 204 g/mol. The summed E-state index contributed by atoms with van der Waals surface area (Å²) >= 11 is 0. The molecule has 1 saturated carbocycles. The van der Waals surface area contributed by atoms with Crippen molar-refractivity contribution in [2.45, 2.75) is 44.2 Å². The van der Waals surface area contributed by atoms with Crippen LogP contribution in [0.25, 0.3) is 0 Å². The molecule has 5 heteroatoms. The van der Waals surface area contributed by atoms with E-state index in [1.807, 2.05) is 0 Å². The molecule has 2 saturated heterocycles. The van der Waals surface area contributed by atoms with E-state index in [0.717, 1.165) is 6.42 Å². The lowest BCUT2D eigenvalue weighted by atomic mass is 9.73. The Morgan fingerprint density at radius 2 is 2.27 bits per heavy atom. The summed E-state index contributed by atoms with van der Waals surface area (Å²) in [6.07, 6.45) is 0.998. The second-order valence-corrected chi connectivity index (χ2v) is 4.24. The van der Waals surface area contributed by atoms with E-state index >= 15 is 0 Å². The number of rotatable bonds is 2. The van der Waals surface area contributed by atoms with Crippen molar-refractivity contribution < 1.29 is 18.3 Å². The number of nitrogens with one attached hydrogen (secondary N) is 1. The molecule has 3 fully saturated rings. The van der Waals surface area contributed by atoms with Crippen molar-refractivity contribution in [3.63, 3.8) is 0 Å². The summed E-state index contributed by atoms with van der Waals surface area (Å²) in [5, 5.41) is 2.94. The molecule has 0 spiro atoms. The predicted octanol–water partition coefficient (Wildman–Crippen LogP) is 1.33. The van der Waals surface area contributed by atoms with Gasteiger partial charge in [0.25, 0.3) is 5.92 Å². The number of alkyl halides is 2. The number of hydrogen-bond donors (Lipinski definition) is 1. The fourth-order valence-electron chi connectivity index (χ4n) is 2.56. The Kier molecular flexibility index (Phi) is 2.66. The highest BCUT2D eigenvalue weighted by atomic mass is 19.3.